The monoisotopic (exact) mass is 320 g/mol. The van der Waals surface area contributed by atoms with Crippen LogP contribution in [0.3, 0.4) is 0 Å². The summed E-state index contributed by atoms with van der Waals surface area (Å²) in [5, 5.41) is 3.64. The molecule has 0 spiro atoms. The van der Waals surface area contributed by atoms with Gasteiger partial charge in [-0.2, -0.15) is 5.10 Å². The fourth-order valence-electron chi connectivity index (χ4n) is 1.60. The number of rotatable bonds is 3. The summed E-state index contributed by atoms with van der Waals surface area (Å²) in [6.45, 7) is 1.60. The van der Waals surface area contributed by atoms with Gasteiger partial charge in [0.15, 0.2) is 11.6 Å². The first kappa shape index (κ1) is 15.7. The first-order valence-corrected chi connectivity index (χ1v) is 5.77. The number of benzene rings is 1. The average molecular weight is 320 g/mol. The van der Waals surface area contributed by atoms with Crippen molar-refractivity contribution in [1.82, 2.24) is 9.66 Å². The van der Waals surface area contributed by atoms with Crippen LogP contribution in [0.1, 0.15) is 11.3 Å². The number of imidazole rings is 1. The van der Waals surface area contributed by atoms with Crippen molar-refractivity contribution in [3.63, 3.8) is 0 Å². The Bertz CT molecular complexity index is 723. The molecule has 1 aromatic heterocycles. The van der Waals surface area contributed by atoms with Gasteiger partial charge in [-0.1, -0.05) is 0 Å². The number of hydrogen-bond acceptors (Lipinski definition) is 4. The number of aromatic nitrogens is 2. The highest BCUT2D eigenvalue weighted by Crippen LogP contribution is 2.30. The largest absolute Gasteiger partial charge is 0.573 e. The number of ether oxygens (including phenoxy) is 1. The molecule has 118 valence electrons. The zero-order valence-electron chi connectivity index (χ0n) is 11.0. The molecule has 0 saturated carbocycles. The van der Waals surface area contributed by atoms with Crippen LogP contribution in [0.2, 0.25) is 0 Å². The lowest BCUT2D eigenvalue weighted by Gasteiger charge is -2.12. The predicted molar refractivity (Wildman–Crippen MR) is 67.4 cm³/mol. The molecule has 22 heavy (non-hydrogen) atoms. The molecule has 5 nitrogen and oxygen atoms in total. The molecular formula is C12H9F5N4O. The Labute approximate surface area is 120 Å². The van der Waals surface area contributed by atoms with Crippen molar-refractivity contribution in [3.8, 4) is 5.75 Å². The van der Waals surface area contributed by atoms with Crippen molar-refractivity contribution in [1.29, 1.82) is 0 Å². The van der Waals surface area contributed by atoms with Crippen molar-refractivity contribution in [3.05, 3.63) is 41.2 Å². The molecule has 0 fully saturated rings. The standard InChI is InChI=1S/C12H9F5N4O/c1-6-5-21(11(18)20-6)19-4-7-8(13)2-3-9(14)10(7)22-12(15,16)17/h2-5H,1H3,(H2,18,20). The van der Waals surface area contributed by atoms with Crippen LogP contribution in [0.4, 0.5) is 27.9 Å². The summed E-state index contributed by atoms with van der Waals surface area (Å²) in [4.78, 5) is 3.79. The molecule has 0 atom stereocenters. The van der Waals surface area contributed by atoms with Gasteiger partial charge in [0.25, 0.3) is 0 Å². The second-order valence-electron chi connectivity index (χ2n) is 4.15. The first-order chi connectivity index (χ1) is 10.2. The molecule has 0 radical (unpaired) electrons. The van der Waals surface area contributed by atoms with Crippen molar-refractivity contribution >= 4 is 12.2 Å². The van der Waals surface area contributed by atoms with Crippen LogP contribution in [-0.2, 0) is 0 Å². The highest BCUT2D eigenvalue weighted by atomic mass is 19.4. The number of anilines is 1. The minimum atomic E-state index is -5.18. The number of nitrogens with two attached hydrogens (primary N) is 1. The third kappa shape index (κ3) is 3.51. The number of nitrogens with zero attached hydrogens (tertiary/aromatic N) is 3. The molecule has 1 heterocycles. The zero-order valence-corrected chi connectivity index (χ0v) is 11.0. The van der Waals surface area contributed by atoms with Gasteiger partial charge in [-0.05, 0) is 19.1 Å². The Hall–Kier alpha value is -2.65. The molecule has 0 aliphatic rings. The van der Waals surface area contributed by atoms with Gasteiger partial charge in [0.2, 0.25) is 5.95 Å². The highest BCUT2D eigenvalue weighted by molar-refractivity contribution is 5.84. The van der Waals surface area contributed by atoms with Gasteiger partial charge in [0.1, 0.15) is 5.82 Å². The molecule has 0 saturated heterocycles. The summed E-state index contributed by atoms with van der Waals surface area (Å²) in [5.41, 5.74) is 5.16. The maximum Gasteiger partial charge on any atom is 0.573 e. The number of halogens is 5. The lowest BCUT2D eigenvalue weighted by Crippen LogP contribution is -2.19. The van der Waals surface area contributed by atoms with E-state index in [1.165, 1.54) is 6.20 Å². The smallest absolute Gasteiger partial charge is 0.402 e. The van der Waals surface area contributed by atoms with Crippen LogP contribution < -0.4 is 10.5 Å². The Morgan fingerprint density at radius 2 is 1.91 bits per heavy atom. The molecule has 0 unspecified atom stereocenters. The molecule has 2 rings (SSSR count). The van der Waals surface area contributed by atoms with E-state index < -0.39 is 29.3 Å². The topological polar surface area (TPSA) is 65.4 Å². The summed E-state index contributed by atoms with van der Waals surface area (Å²) in [6, 6.07) is 1.17. The zero-order chi connectivity index (χ0) is 16.5. The van der Waals surface area contributed by atoms with Gasteiger partial charge in [-0.25, -0.2) is 18.4 Å². The summed E-state index contributed by atoms with van der Waals surface area (Å²) < 4.78 is 68.4. The molecule has 1 aromatic carbocycles. The van der Waals surface area contributed by atoms with E-state index in [1.807, 2.05) is 0 Å². The lowest BCUT2D eigenvalue weighted by atomic mass is 10.2. The highest BCUT2D eigenvalue weighted by Gasteiger charge is 2.34. The van der Waals surface area contributed by atoms with Gasteiger partial charge in [-0.15, -0.1) is 13.2 Å². The van der Waals surface area contributed by atoms with Gasteiger partial charge < -0.3 is 10.5 Å². The van der Waals surface area contributed by atoms with Crippen molar-refractivity contribution in [2.75, 3.05) is 5.73 Å². The number of nitrogen functional groups attached to an aromatic ring is 1. The first-order valence-electron chi connectivity index (χ1n) is 5.77. The predicted octanol–water partition coefficient (Wildman–Crippen LogP) is 2.83. The van der Waals surface area contributed by atoms with Crippen LogP contribution in [0.5, 0.6) is 5.75 Å². The third-order valence-electron chi connectivity index (χ3n) is 2.46. The molecule has 2 aromatic rings. The quantitative estimate of drug-likeness (QED) is 0.698. The molecule has 0 aliphatic carbocycles. The third-order valence-corrected chi connectivity index (χ3v) is 2.46. The molecular weight excluding hydrogens is 311 g/mol. The second kappa shape index (κ2) is 5.62. The van der Waals surface area contributed by atoms with E-state index in [2.05, 4.69) is 14.8 Å². The normalized spacial score (nSPS) is 12.1. The lowest BCUT2D eigenvalue weighted by molar-refractivity contribution is -0.275. The van der Waals surface area contributed by atoms with E-state index in [4.69, 9.17) is 5.73 Å². The van der Waals surface area contributed by atoms with Crippen LogP contribution in [0, 0.1) is 18.6 Å². The van der Waals surface area contributed by atoms with E-state index >= 15 is 0 Å². The van der Waals surface area contributed by atoms with Crippen molar-refractivity contribution in [2.24, 2.45) is 5.10 Å². The van der Waals surface area contributed by atoms with Crippen LogP contribution >= 0.6 is 0 Å². The minimum absolute atomic E-state index is 0.0659. The van der Waals surface area contributed by atoms with E-state index in [0.29, 0.717) is 24.0 Å². The van der Waals surface area contributed by atoms with Crippen LogP contribution in [-0.4, -0.2) is 22.2 Å². The summed E-state index contributed by atoms with van der Waals surface area (Å²) >= 11 is 0. The fraction of sp³-hybridized carbons (Fsp3) is 0.167. The second-order valence-corrected chi connectivity index (χ2v) is 4.15. The Morgan fingerprint density at radius 1 is 1.27 bits per heavy atom. The van der Waals surface area contributed by atoms with E-state index in [1.54, 1.807) is 6.92 Å². The maximum absolute atomic E-state index is 13.7. The van der Waals surface area contributed by atoms with Gasteiger partial charge in [0, 0.05) is 0 Å². The van der Waals surface area contributed by atoms with Gasteiger partial charge in [-0.3, -0.25) is 0 Å². The number of aryl methyl sites for hydroxylation is 1. The SMILES string of the molecule is Cc1cn(N=Cc2c(F)ccc(F)c2OC(F)(F)F)c(N)n1. The molecule has 2 N–H and O–H groups in total. The minimum Gasteiger partial charge on any atom is -0.402 e. The summed E-state index contributed by atoms with van der Waals surface area (Å²) in [6.07, 6.45) is -3.16. The summed E-state index contributed by atoms with van der Waals surface area (Å²) in [7, 11) is 0. The summed E-state index contributed by atoms with van der Waals surface area (Å²) in [5.74, 6) is -3.90. The van der Waals surface area contributed by atoms with Crippen LogP contribution in [0.15, 0.2) is 23.4 Å². The van der Waals surface area contributed by atoms with Crippen molar-refractivity contribution in [2.45, 2.75) is 13.3 Å². The molecule has 0 amide bonds. The number of hydrogen-bond donors (Lipinski definition) is 1. The van der Waals surface area contributed by atoms with E-state index in [9.17, 15) is 22.0 Å². The maximum atomic E-state index is 13.7. The average Bonchev–Trinajstić information content (AvgIpc) is 2.70. The Morgan fingerprint density at radius 3 is 2.45 bits per heavy atom. The van der Waals surface area contributed by atoms with E-state index in [0.717, 1.165) is 4.68 Å². The number of alkyl halides is 3. The van der Waals surface area contributed by atoms with Crippen LogP contribution in [0.25, 0.3) is 0 Å². The fourth-order valence-corrected chi connectivity index (χ4v) is 1.60. The van der Waals surface area contributed by atoms with Gasteiger partial charge >= 0.3 is 6.36 Å². The molecule has 10 heteroatoms. The Kier molecular flexibility index (Phi) is 4.02. The van der Waals surface area contributed by atoms with Crippen molar-refractivity contribution < 1.29 is 26.7 Å². The molecule has 0 aliphatic heterocycles. The molecule has 0 bridgehead atoms. The van der Waals surface area contributed by atoms with Gasteiger partial charge in [0.05, 0.1) is 23.7 Å². The Balaban J connectivity index is 2.45. The van der Waals surface area contributed by atoms with E-state index in [-0.39, 0.29) is 5.95 Å².